The third-order valence-electron chi connectivity index (χ3n) is 13.8. The number of carboxylic acid groups (broad SMARTS) is 2. The van der Waals surface area contributed by atoms with Crippen LogP contribution in [0.1, 0.15) is 132 Å². The minimum absolute atomic E-state index is 0.119. The summed E-state index contributed by atoms with van der Waals surface area (Å²) < 4.78 is 6.47. The quantitative estimate of drug-likeness (QED) is 0.0571. The summed E-state index contributed by atoms with van der Waals surface area (Å²) >= 11 is 3.53. The van der Waals surface area contributed by atoms with Crippen molar-refractivity contribution in [3.05, 3.63) is 47.0 Å². The molecule has 4 fully saturated rings. The third kappa shape index (κ3) is 11.2. The Morgan fingerprint density at radius 2 is 1.60 bits per heavy atom. The van der Waals surface area contributed by atoms with Gasteiger partial charge in [0.25, 0.3) is 6.47 Å². The van der Waals surface area contributed by atoms with Crippen LogP contribution in [0.3, 0.4) is 0 Å². The number of carbonyl (C=O) groups excluding carboxylic acids is 1. The number of benzene rings is 1. The monoisotopic (exact) mass is 788 g/mol. The second-order valence-electron chi connectivity index (χ2n) is 17.3. The highest BCUT2D eigenvalue weighted by Gasteiger charge is 2.64. The zero-order valence-corrected chi connectivity index (χ0v) is 36.8. The third-order valence-corrected chi connectivity index (χ3v) is 13.8. The van der Waals surface area contributed by atoms with Gasteiger partial charge in [-0.05, 0) is 149 Å². The van der Waals surface area contributed by atoms with Crippen LogP contribution in [0.15, 0.2) is 46.6 Å². The Labute approximate surface area is 339 Å². The van der Waals surface area contributed by atoms with Crippen molar-refractivity contribution < 1.29 is 29.3 Å². The Hall–Kier alpha value is -2.69. The Morgan fingerprint density at radius 3 is 2.15 bits per heavy atom. The fourth-order valence-corrected chi connectivity index (χ4v) is 11.8. The fourth-order valence-electron chi connectivity index (χ4n) is 11.8. The molecule has 9 nitrogen and oxygen atoms in total. The van der Waals surface area contributed by atoms with Crippen molar-refractivity contribution in [2.24, 2.45) is 73.8 Å². The maximum Gasteiger partial charge on any atom is 0.309 e. The lowest BCUT2D eigenvalue weighted by molar-refractivity contribution is -0.162. The van der Waals surface area contributed by atoms with Crippen molar-refractivity contribution in [1.82, 2.24) is 0 Å². The van der Waals surface area contributed by atoms with Gasteiger partial charge in [-0.2, -0.15) is 17.7 Å². The normalized spacial score (nSPS) is 31.4. The van der Waals surface area contributed by atoms with Crippen molar-refractivity contribution in [3.63, 3.8) is 0 Å². The summed E-state index contributed by atoms with van der Waals surface area (Å²) in [6.07, 6.45) is 14.1. The van der Waals surface area contributed by atoms with Crippen LogP contribution in [-0.2, 0) is 25.7 Å². The van der Waals surface area contributed by atoms with Crippen LogP contribution in [-0.4, -0.2) is 55.1 Å². The number of thiol groups is 1. The van der Waals surface area contributed by atoms with Crippen LogP contribution in [0.25, 0.3) is 0 Å². The second-order valence-corrected chi connectivity index (χ2v) is 17.3. The molecule has 1 aromatic rings. The van der Waals surface area contributed by atoms with Crippen molar-refractivity contribution >= 4 is 37.6 Å². The molecule has 0 amide bonds. The summed E-state index contributed by atoms with van der Waals surface area (Å²) in [7, 11) is 1.50. The number of fused-ring (bicyclic) bond motifs is 7. The first kappa shape index (κ1) is 50.3. The molecule has 5 aliphatic carbocycles. The zero-order valence-electron chi connectivity index (χ0n) is 35.9. The molecular weight excluding hydrogens is 711 g/mol. The number of rotatable bonds is 8. The smallest absolute Gasteiger partial charge is 0.309 e. The Morgan fingerprint density at radius 1 is 1.04 bits per heavy atom. The number of ketones is 1. The van der Waals surface area contributed by atoms with Gasteiger partial charge < -0.3 is 26.5 Å². The second kappa shape index (κ2) is 22.9. The summed E-state index contributed by atoms with van der Waals surface area (Å²) in [4.78, 5) is 34.0. The van der Waals surface area contributed by atoms with Crippen LogP contribution in [0.2, 0.25) is 0 Å². The van der Waals surface area contributed by atoms with E-state index in [1.54, 1.807) is 6.26 Å². The van der Waals surface area contributed by atoms with Gasteiger partial charge in [0.2, 0.25) is 0 Å². The van der Waals surface area contributed by atoms with Crippen molar-refractivity contribution in [2.45, 2.75) is 133 Å². The van der Waals surface area contributed by atoms with Crippen LogP contribution in [0, 0.1) is 57.2 Å². The van der Waals surface area contributed by atoms with Crippen LogP contribution in [0.5, 0.6) is 0 Å². The zero-order chi connectivity index (χ0) is 42.2. The molecule has 0 radical (unpaired) electrons. The number of nitrogens with zero attached hydrogens (tertiary/aromatic N) is 1. The van der Waals surface area contributed by atoms with Crippen LogP contribution >= 0.6 is 12.6 Å². The molecule has 0 spiro atoms. The van der Waals surface area contributed by atoms with Crippen molar-refractivity contribution in [1.29, 1.82) is 0 Å². The summed E-state index contributed by atoms with van der Waals surface area (Å²) in [5.41, 5.74) is 8.26. The first-order valence-electron chi connectivity index (χ1n) is 20.5. The van der Waals surface area contributed by atoms with E-state index in [0.29, 0.717) is 59.9 Å². The standard InChI is InChI=1S/C39H56O4.C2H6.CH4N2.CH5N.CH2O2.CH4S/c1-25(2)33-31(40)22-39(24-43-23-26-10-8-7-9-11-26)19-16-30-29(34(33)39)12-13-32-37(5)17-14-27(21-36(3,4)35(41)42)20-28(37)15-18-38(30,32)6;1-2;1-3-2;1-2;2-1-3;1-2/h7-11,25,27-30,32H,12-24H2,1-6H3,(H,41,42);1-2H3;1-2H2;2H2,1H3;1H,(H,2,3);2H,1H3. The topological polar surface area (TPSA) is 165 Å². The molecule has 0 heterocycles. The molecule has 10 heteroatoms. The van der Waals surface area contributed by atoms with Gasteiger partial charge in [-0.25, -0.2) is 0 Å². The van der Waals surface area contributed by atoms with Crippen LogP contribution < -0.4 is 11.6 Å². The number of carboxylic acids is 1. The van der Waals surface area contributed by atoms with Gasteiger partial charge in [-0.1, -0.05) is 77.4 Å². The summed E-state index contributed by atoms with van der Waals surface area (Å²) in [6.45, 7) is 21.4. The fraction of sp³-hybridized carbons (Fsp3) is 0.733. The molecule has 4 saturated carbocycles. The number of ether oxygens (including phenoxy) is 1. The lowest BCUT2D eigenvalue weighted by Gasteiger charge is -2.66. The summed E-state index contributed by atoms with van der Waals surface area (Å²) in [5.74, 6) is 7.46. The first-order valence-corrected chi connectivity index (χ1v) is 21.4. The molecule has 8 unspecified atom stereocenters. The molecule has 0 aliphatic heterocycles. The van der Waals surface area contributed by atoms with Gasteiger partial charge in [0, 0.05) is 18.6 Å². The molecule has 5 aliphatic rings. The first-order chi connectivity index (χ1) is 26.1. The molecule has 8 atom stereocenters. The predicted octanol–water partition coefficient (Wildman–Crippen LogP) is 9.68. The van der Waals surface area contributed by atoms with E-state index in [-0.39, 0.29) is 17.8 Å². The van der Waals surface area contributed by atoms with E-state index in [2.05, 4.69) is 88.0 Å². The van der Waals surface area contributed by atoms with E-state index in [4.69, 9.17) is 14.6 Å². The summed E-state index contributed by atoms with van der Waals surface area (Å²) in [5, 5.41) is 19.4. The van der Waals surface area contributed by atoms with Gasteiger partial charge in [-0.3, -0.25) is 14.4 Å². The van der Waals surface area contributed by atoms with Gasteiger partial charge in [0.1, 0.15) is 0 Å². The number of hydrogen-bond acceptors (Lipinski definition) is 8. The van der Waals surface area contributed by atoms with Crippen molar-refractivity contribution in [2.75, 3.05) is 19.9 Å². The molecule has 0 bridgehead atoms. The highest BCUT2D eigenvalue weighted by molar-refractivity contribution is 7.79. The van der Waals surface area contributed by atoms with E-state index in [1.165, 1.54) is 69.6 Å². The van der Waals surface area contributed by atoms with E-state index in [0.717, 1.165) is 24.3 Å². The van der Waals surface area contributed by atoms with E-state index >= 15 is 0 Å². The Kier molecular flexibility index (Phi) is 21.0. The van der Waals surface area contributed by atoms with E-state index in [1.807, 2.05) is 33.8 Å². The average Bonchev–Trinajstić information content (AvgIpc) is 3.47. The number of hydrazone groups is 1. The molecule has 1 aromatic carbocycles. The van der Waals surface area contributed by atoms with E-state index < -0.39 is 11.4 Å². The molecule has 55 heavy (non-hydrogen) atoms. The van der Waals surface area contributed by atoms with Gasteiger partial charge in [-0.15, -0.1) is 0 Å². The largest absolute Gasteiger partial charge is 0.483 e. The number of nitrogens with two attached hydrogens (primary N) is 2. The highest BCUT2D eigenvalue weighted by Crippen LogP contribution is 2.71. The molecule has 0 aromatic heterocycles. The Bertz CT molecular complexity index is 1380. The molecule has 6 N–H and O–H groups in total. The Balaban J connectivity index is 0.00000114. The predicted molar refractivity (Wildman–Crippen MR) is 230 cm³/mol. The van der Waals surface area contributed by atoms with Gasteiger partial charge >= 0.3 is 5.97 Å². The van der Waals surface area contributed by atoms with Crippen LogP contribution in [0.4, 0.5) is 0 Å². The molecule has 314 valence electrons. The number of allylic oxidation sites excluding steroid dienone is 1. The number of Topliss-reactive ketones (excluding diaryl/α,β-unsaturated/α-hetero) is 1. The number of hydrogen-bond donors (Lipinski definition) is 5. The number of aliphatic carboxylic acids is 1. The minimum atomic E-state index is -0.658. The lowest BCUT2D eigenvalue weighted by Crippen LogP contribution is -2.58. The van der Waals surface area contributed by atoms with Gasteiger partial charge in [0.05, 0.1) is 18.6 Å². The molecule has 6 rings (SSSR count). The minimum Gasteiger partial charge on any atom is -0.483 e. The summed E-state index contributed by atoms with van der Waals surface area (Å²) in [6, 6.07) is 10.4. The maximum absolute atomic E-state index is 13.7. The number of carbonyl (C=O) groups is 3. The van der Waals surface area contributed by atoms with Gasteiger partial charge in [0.15, 0.2) is 5.78 Å². The SMILES string of the molecule is C=NN.CC.CC(C)C1=C2C3CCC4C5(C)CCC(CC(C)(C)C(=O)O)CC5CCC4(C)C3CCC2(COCc2ccccc2)CC1=O.CN.CS.O=CO. The molecule has 0 saturated heterocycles. The highest BCUT2D eigenvalue weighted by atomic mass is 32.1. The maximum atomic E-state index is 13.7. The molecular formula is C45H77N3O6S. The average molecular weight is 788 g/mol. The van der Waals surface area contributed by atoms with E-state index in [9.17, 15) is 14.7 Å². The lowest BCUT2D eigenvalue weighted by atomic mass is 9.38. The van der Waals surface area contributed by atoms with Crippen molar-refractivity contribution in [3.8, 4) is 0 Å².